The number of hydrogen-bond donors (Lipinski definition) is 0. The fourth-order valence-corrected chi connectivity index (χ4v) is 4.19. The molecular formula is C11H14ClIO3. The van der Waals surface area contributed by atoms with Crippen LogP contribution in [0.3, 0.4) is 0 Å². The lowest BCUT2D eigenvalue weighted by Gasteiger charge is -2.31. The molecule has 0 spiro atoms. The molecule has 2 bridgehead atoms. The molecule has 1 heterocycles. The largest absolute Gasteiger partial charge is 0.460 e. The van der Waals surface area contributed by atoms with Crippen LogP contribution in [0, 0.1) is 5.41 Å². The van der Waals surface area contributed by atoms with E-state index in [4.69, 9.17) is 16.3 Å². The monoisotopic (exact) mass is 356 g/mol. The van der Waals surface area contributed by atoms with Gasteiger partial charge in [-0.25, -0.2) is 0 Å². The van der Waals surface area contributed by atoms with E-state index in [0.717, 1.165) is 12.8 Å². The van der Waals surface area contributed by atoms with Gasteiger partial charge in [0.15, 0.2) is 5.78 Å². The number of unbranched alkanes of at least 4 members (excludes halogenated alkanes) is 1. The standard InChI is InChI=1S/C11H14ClIO3/c12-6-2-1-5-11-8(14)4-3-7(9(11)13)16-10(11)15/h7,9H,1-6H2/t7-,9+,11+/m1/s1. The van der Waals surface area contributed by atoms with E-state index < -0.39 is 5.41 Å². The van der Waals surface area contributed by atoms with Gasteiger partial charge in [-0.05, 0) is 19.3 Å². The Labute approximate surface area is 113 Å². The highest BCUT2D eigenvalue weighted by Gasteiger charge is 2.62. The third kappa shape index (κ3) is 1.78. The first kappa shape index (κ1) is 12.6. The summed E-state index contributed by atoms with van der Waals surface area (Å²) in [6.07, 6.45) is 3.38. The fraction of sp³-hybridized carbons (Fsp3) is 0.818. The molecule has 0 aromatic rings. The third-order valence-corrected chi connectivity index (χ3v) is 5.66. The van der Waals surface area contributed by atoms with Gasteiger partial charge in [0.1, 0.15) is 11.5 Å². The highest BCUT2D eigenvalue weighted by Crippen LogP contribution is 2.49. The van der Waals surface area contributed by atoms with Crippen molar-refractivity contribution in [1.82, 2.24) is 0 Å². The first-order valence-corrected chi connectivity index (χ1v) is 7.35. The molecule has 2 rings (SSSR count). The minimum absolute atomic E-state index is 0.00850. The van der Waals surface area contributed by atoms with Crippen molar-refractivity contribution in [1.29, 1.82) is 0 Å². The Kier molecular flexibility index (Phi) is 3.79. The number of alkyl halides is 2. The third-order valence-electron chi connectivity index (χ3n) is 3.53. The molecule has 90 valence electrons. The van der Waals surface area contributed by atoms with E-state index in [9.17, 15) is 9.59 Å². The number of carbonyl (C=O) groups is 2. The van der Waals surface area contributed by atoms with Crippen LogP contribution in [0.2, 0.25) is 0 Å². The van der Waals surface area contributed by atoms with Gasteiger partial charge in [-0.1, -0.05) is 29.0 Å². The highest BCUT2D eigenvalue weighted by atomic mass is 127. The highest BCUT2D eigenvalue weighted by molar-refractivity contribution is 14.1. The van der Waals surface area contributed by atoms with Gasteiger partial charge < -0.3 is 4.74 Å². The summed E-state index contributed by atoms with van der Waals surface area (Å²) in [5.41, 5.74) is -0.852. The van der Waals surface area contributed by atoms with Gasteiger partial charge >= 0.3 is 5.97 Å². The van der Waals surface area contributed by atoms with Crippen LogP contribution in [0.1, 0.15) is 32.1 Å². The molecule has 0 amide bonds. The summed E-state index contributed by atoms with van der Waals surface area (Å²) in [4.78, 5) is 24.0. The van der Waals surface area contributed by atoms with Gasteiger partial charge in [-0.2, -0.15) is 0 Å². The van der Waals surface area contributed by atoms with Crippen LogP contribution in [-0.4, -0.2) is 27.7 Å². The zero-order valence-corrected chi connectivity index (χ0v) is 11.8. The Balaban J connectivity index is 2.19. The molecule has 1 saturated carbocycles. The van der Waals surface area contributed by atoms with Gasteiger partial charge in [0.25, 0.3) is 0 Å². The van der Waals surface area contributed by atoms with Gasteiger partial charge in [-0.15, -0.1) is 11.6 Å². The summed E-state index contributed by atoms with van der Waals surface area (Å²) in [6, 6.07) is 0. The van der Waals surface area contributed by atoms with Crippen LogP contribution < -0.4 is 0 Å². The first-order valence-electron chi connectivity index (χ1n) is 5.57. The summed E-state index contributed by atoms with van der Waals surface area (Å²) in [5, 5.41) is 0. The minimum Gasteiger partial charge on any atom is -0.460 e. The van der Waals surface area contributed by atoms with Crippen LogP contribution in [-0.2, 0) is 14.3 Å². The number of Topliss-reactive ketones (excluding diaryl/α,β-unsaturated/α-hetero) is 1. The maximum atomic E-state index is 12.1. The average molecular weight is 357 g/mol. The first-order chi connectivity index (χ1) is 7.63. The Hall–Kier alpha value is 0.160. The Bertz CT molecular complexity index is 310. The number of halogens is 2. The number of fused-ring (bicyclic) bond motifs is 2. The molecule has 1 aliphatic heterocycles. The van der Waals surface area contributed by atoms with Crippen molar-refractivity contribution in [3.05, 3.63) is 0 Å². The molecule has 0 radical (unpaired) electrons. The lowest BCUT2D eigenvalue weighted by Crippen LogP contribution is -2.46. The van der Waals surface area contributed by atoms with E-state index in [-0.39, 0.29) is 21.8 Å². The molecular weight excluding hydrogens is 342 g/mol. The van der Waals surface area contributed by atoms with Crippen molar-refractivity contribution in [2.45, 2.75) is 42.1 Å². The summed E-state index contributed by atoms with van der Waals surface area (Å²) in [6.45, 7) is 0. The van der Waals surface area contributed by atoms with Gasteiger partial charge in [-0.3, -0.25) is 9.59 Å². The smallest absolute Gasteiger partial charge is 0.321 e. The lowest BCUT2D eigenvalue weighted by molar-refractivity contribution is -0.151. The van der Waals surface area contributed by atoms with E-state index >= 15 is 0 Å². The number of hydrogen-bond acceptors (Lipinski definition) is 3. The summed E-state index contributed by atoms with van der Waals surface area (Å²) in [5.74, 6) is 0.350. The van der Waals surface area contributed by atoms with Crippen molar-refractivity contribution < 1.29 is 14.3 Å². The maximum Gasteiger partial charge on any atom is 0.321 e. The van der Waals surface area contributed by atoms with Crippen LogP contribution in [0.5, 0.6) is 0 Å². The van der Waals surface area contributed by atoms with Crippen LogP contribution in [0.25, 0.3) is 0 Å². The molecule has 1 saturated heterocycles. The maximum absolute atomic E-state index is 12.1. The van der Waals surface area contributed by atoms with Crippen LogP contribution >= 0.6 is 34.2 Å². The van der Waals surface area contributed by atoms with E-state index in [2.05, 4.69) is 22.6 Å². The molecule has 0 unspecified atom stereocenters. The van der Waals surface area contributed by atoms with Crippen LogP contribution in [0.4, 0.5) is 0 Å². The molecule has 3 atom stereocenters. The zero-order chi connectivity index (χ0) is 11.8. The van der Waals surface area contributed by atoms with Crippen molar-refractivity contribution in [3.8, 4) is 0 Å². The number of ketones is 1. The van der Waals surface area contributed by atoms with E-state index in [1.165, 1.54) is 0 Å². The van der Waals surface area contributed by atoms with Gasteiger partial charge in [0.05, 0.1) is 3.92 Å². The number of ether oxygens (including phenoxy) is 1. The van der Waals surface area contributed by atoms with Crippen molar-refractivity contribution in [2.75, 3.05) is 5.88 Å². The average Bonchev–Trinajstić information content (AvgIpc) is 2.41. The van der Waals surface area contributed by atoms with Crippen molar-refractivity contribution in [3.63, 3.8) is 0 Å². The Morgan fingerprint density at radius 3 is 2.88 bits per heavy atom. The quantitative estimate of drug-likeness (QED) is 0.255. The number of rotatable bonds is 4. The lowest BCUT2D eigenvalue weighted by atomic mass is 9.71. The summed E-state index contributed by atoms with van der Waals surface area (Å²) >= 11 is 7.83. The van der Waals surface area contributed by atoms with Crippen molar-refractivity contribution >= 4 is 45.9 Å². The normalized spacial score (nSPS) is 37.6. The molecule has 5 heteroatoms. The summed E-state index contributed by atoms with van der Waals surface area (Å²) < 4.78 is 5.31. The Morgan fingerprint density at radius 2 is 2.19 bits per heavy atom. The van der Waals surface area contributed by atoms with E-state index in [1.807, 2.05) is 0 Å². The molecule has 2 fully saturated rings. The van der Waals surface area contributed by atoms with E-state index in [0.29, 0.717) is 25.1 Å². The number of esters is 1. The molecule has 0 aromatic carbocycles. The Morgan fingerprint density at radius 1 is 1.44 bits per heavy atom. The second kappa shape index (κ2) is 4.80. The SMILES string of the molecule is O=C1CC[C@H]2OC(=O)[C@]1(CCCCCl)[C@H]2I. The van der Waals surface area contributed by atoms with E-state index in [1.54, 1.807) is 0 Å². The topological polar surface area (TPSA) is 43.4 Å². The molecule has 16 heavy (non-hydrogen) atoms. The number of carbonyl (C=O) groups excluding carboxylic acids is 2. The zero-order valence-electron chi connectivity index (χ0n) is 8.88. The molecule has 2 aliphatic rings. The van der Waals surface area contributed by atoms with Gasteiger partial charge in [0, 0.05) is 12.3 Å². The van der Waals surface area contributed by atoms with Gasteiger partial charge in [0.2, 0.25) is 0 Å². The minimum atomic E-state index is -0.852. The van der Waals surface area contributed by atoms with Crippen molar-refractivity contribution in [2.24, 2.45) is 5.41 Å². The predicted octanol–water partition coefficient (Wildman–Crippen LogP) is 2.47. The molecule has 0 aromatic heterocycles. The fourth-order valence-electron chi connectivity index (χ4n) is 2.58. The summed E-state index contributed by atoms with van der Waals surface area (Å²) in [7, 11) is 0. The molecule has 0 N–H and O–H groups in total. The molecule has 1 aliphatic carbocycles. The predicted molar refractivity (Wildman–Crippen MR) is 68.9 cm³/mol. The van der Waals surface area contributed by atoms with Crippen LogP contribution in [0.15, 0.2) is 0 Å². The second-order valence-electron chi connectivity index (χ2n) is 4.42. The second-order valence-corrected chi connectivity index (χ2v) is 6.14. The molecule has 3 nitrogen and oxygen atoms in total.